The molecule has 2 amide bonds. The monoisotopic (exact) mass is 633 g/mol. The van der Waals surface area contributed by atoms with E-state index in [1.54, 1.807) is 0 Å². The zero-order valence-corrected chi connectivity index (χ0v) is 23.0. The third kappa shape index (κ3) is 9.70. The second-order valence-corrected chi connectivity index (χ2v) is 10.2. The molecule has 0 saturated carbocycles. The number of hydrogen-bond acceptors (Lipinski definition) is 14. The number of rotatable bonds is 15. The van der Waals surface area contributed by atoms with Crippen LogP contribution in [0.4, 0.5) is 0 Å². The lowest BCUT2D eigenvalue weighted by Crippen LogP contribution is -2.61. The van der Waals surface area contributed by atoms with Gasteiger partial charge < -0.3 is 66.7 Å². The quantitative estimate of drug-likeness (QED) is 0.0684. The van der Waals surface area contributed by atoms with Crippen molar-refractivity contribution in [3.63, 3.8) is 0 Å². The molecule has 1 fully saturated rings. The molecule has 19 heteroatoms. The standard InChI is InChI=1S/C24H31N3O15S/c1-8(28)9-4-12(29)20(13(5-9)41-24-18(35)16(33)17(34)19(42-24)23(39)40)43-7-11(21(36)26-6-15(31)32)27-14(30)3-2-10(25)22(37)38/h4-5,10-11,16-19,24,28-29,33-35H,1-3,6-7,25H2,(H,26,36)(H,27,30)(H,31,32)(H,37,38)(H,39,40)/t10?,11?,16-,17-,18+,19?,24?/m0/s1. The van der Waals surface area contributed by atoms with Crippen LogP contribution in [0.5, 0.6) is 11.5 Å². The molecule has 0 aromatic heterocycles. The van der Waals surface area contributed by atoms with Gasteiger partial charge in [-0.2, -0.15) is 0 Å². The summed E-state index contributed by atoms with van der Waals surface area (Å²) in [5, 5.41) is 82.3. The molecular weight excluding hydrogens is 602 g/mol. The van der Waals surface area contributed by atoms with Crippen molar-refractivity contribution in [1.82, 2.24) is 10.6 Å². The summed E-state index contributed by atoms with van der Waals surface area (Å²) in [6, 6.07) is -0.727. The molecule has 4 unspecified atom stereocenters. The maximum absolute atomic E-state index is 12.7. The molecule has 238 valence electrons. The third-order valence-corrected chi connectivity index (χ3v) is 7.08. The number of thioether (sulfide) groups is 1. The smallest absolute Gasteiger partial charge is 0.335 e. The lowest BCUT2D eigenvalue weighted by molar-refractivity contribution is -0.271. The van der Waals surface area contributed by atoms with E-state index in [2.05, 4.69) is 17.2 Å². The predicted molar refractivity (Wildman–Crippen MR) is 143 cm³/mol. The van der Waals surface area contributed by atoms with E-state index in [1.807, 2.05) is 0 Å². The Balaban J connectivity index is 2.36. The number of carboxylic acid groups (broad SMARTS) is 3. The number of carbonyl (C=O) groups excluding carboxylic acids is 2. The van der Waals surface area contributed by atoms with E-state index in [-0.39, 0.29) is 16.9 Å². The van der Waals surface area contributed by atoms with Crippen LogP contribution in [-0.2, 0) is 28.7 Å². The Morgan fingerprint density at radius 2 is 1.70 bits per heavy atom. The summed E-state index contributed by atoms with van der Waals surface area (Å²) < 4.78 is 10.6. The second kappa shape index (κ2) is 15.4. The predicted octanol–water partition coefficient (Wildman–Crippen LogP) is -2.84. The van der Waals surface area contributed by atoms with Gasteiger partial charge in [0, 0.05) is 17.7 Å². The molecule has 1 heterocycles. The van der Waals surface area contributed by atoms with Crippen LogP contribution in [-0.4, -0.2) is 126 Å². The Morgan fingerprint density at radius 3 is 2.26 bits per heavy atom. The van der Waals surface area contributed by atoms with Gasteiger partial charge in [-0.05, 0) is 18.6 Å². The molecule has 0 bridgehead atoms. The normalized spacial score (nSPS) is 22.9. The van der Waals surface area contributed by atoms with E-state index in [1.165, 1.54) is 0 Å². The zero-order valence-electron chi connectivity index (χ0n) is 22.2. The highest BCUT2D eigenvalue weighted by Gasteiger charge is 2.48. The molecule has 0 aliphatic carbocycles. The van der Waals surface area contributed by atoms with Gasteiger partial charge in [-0.3, -0.25) is 19.2 Å². The van der Waals surface area contributed by atoms with E-state index in [4.69, 9.17) is 25.4 Å². The average molecular weight is 634 g/mol. The first-order valence-electron chi connectivity index (χ1n) is 12.3. The zero-order chi connectivity index (χ0) is 32.6. The Hall–Kier alpha value is -4.14. The van der Waals surface area contributed by atoms with Crippen LogP contribution in [0, 0.1) is 0 Å². The molecule has 43 heavy (non-hydrogen) atoms. The van der Waals surface area contributed by atoms with Crippen LogP contribution in [0.15, 0.2) is 23.6 Å². The van der Waals surface area contributed by atoms with Gasteiger partial charge in [0.1, 0.15) is 54.2 Å². The number of aliphatic hydroxyl groups is 4. The van der Waals surface area contributed by atoms with Crippen LogP contribution in [0.1, 0.15) is 18.4 Å². The number of nitrogens with two attached hydrogens (primary N) is 1. The van der Waals surface area contributed by atoms with Crippen LogP contribution in [0.3, 0.4) is 0 Å². The highest BCUT2D eigenvalue weighted by atomic mass is 32.2. The summed E-state index contributed by atoms with van der Waals surface area (Å²) in [5.74, 6) is -8.21. The number of hydrogen-bond donors (Lipinski definition) is 11. The Labute approximate surface area is 246 Å². The van der Waals surface area contributed by atoms with Crippen molar-refractivity contribution in [3.8, 4) is 11.5 Å². The number of aliphatic hydroxyl groups excluding tert-OH is 4. The molecule has 18 nitrogen and oxygen atoms in total. The van der Waals surface area contributed by atoms with Gasteiger partial charge in [0.2, 0.25) is 18.1 Å². The first kappa shape index (κ1) is 35.1. The highest BCUT2D eigenvalue weighted by molar-refractivity contribution is 7.99. The molecular formula is C24H31N3O15S. The van der Waals surface area contributed by atoms with E-state index < -0.39 is 108 Å². The molecule has 1 aromatic carbocycles. The molecule has 2 rings (SSSR count). The van der Waals surface area contributed by atoms with Crippen LogP contribution in [0.25, 0.3) is 5.76 Å². The van der Waals surface area contributed by atoms with Crippen LogP contribution < -0.4 is 21.1 Å². The summed E-state index contributed by atoms with van der Waals surface area (Å²) in [6.45, 7) is 2.50. The van der Waals surface area contributed by atoms with Gasteiger partial charge in [-0.25, -0.2) is 4.79 Å². The fourth-order valence-electron chi connectivity index (χ4n) is 3.57. The maximum Gasteiger partial charge on any atom is 0.335 e. The molecule has 1 aliphatic rings. The molecule has 1 saturated heterocycles. The maximum atomic E-state index is 12.7. The second-order valence-electron chi connectivity index (χ2n) is 9.15. The fourth-order valence-corrected chi connectivity index (χ4v) is 4.60. The minimum Gasteiger partial charge on any atom is -0.508 e. The molecule has 0 spiro atoms. The number of ether oxygens (including phenoxy) is 2. The van der Waals surface area contributed by atoms with Crippen molar-refractivity contribution >= 4 is 47.2 Å². The van der Waals surface area contributed by atoms with Crippen molar-refractivity contribution in [2.45, 2.75) is 60.5 Å². The van der Waals surface area contributed by atoms with E-state index in [0.717, 1.165) is 12.1 Å². The van der Waals surface area contributed by atoms with Gasteiger partial charge in [0.15, 0.2) is 6.10 Å². The largest absolute Gasteiger partial charge is 0.508 e. The Morgan fingerprint density at radius 1 is 1.05 bits per heavy atom. The topological polar surface area (TPSA) is 316 Å². The summed E-state index contributed by atoms with van der Waals surface area (Å²) in [7, 11) is 0. The number of benzene rings is 1. The fraction of sp³-hybridized carbons (Fsp3) is 0.458. The highest BCUT2D eigenvalue weighted by Crippen LogP contribution is 2.41. The number of amides is 2. The lowest BCUT2D eigenvalue weighted by Gasteiger charge is -2.38. The number of nitrogens with one attached hydrogen (secondary N) is 2. The van der Waals surface area contributed by atoms with Crippen molar-refractivity contribution in [2.24, 2.45) is 5.73 Å². The van der Waals surface area contributed by atoms with Crippen LogP contribution in [0.2, 0.25) is 0 Å². The third-order valence-electron chi connectivity index (χ3n) is 5.88. The number of aromatic hydroxyl groups is 1. The first-order valence-corrected chi connectivity index (χ1v) is 13.3. The molecule has 7 atom stereocenters. The molecule has 1 aromatic rings. The Bertz CT molecular complexity index is 1240. The minimum atomic E-state index is -2.03. The van der Waals surface area contributed by atoms with E-state index in [0.29, 0.717) is 11.8 Å². The van der Waals surface area contributed by atoms with Crippen LogP contribution >= 0.6 is 11.8 Å². The van der Waals surface area contributed by atoms with Crippen molar-refractivity contribution in [3.05, 3.63) is 24.3 Å². The number of carboxylic acids is 3. The summed E-state index contributed by atoms with van der Waals surface area (Å²) in [6.07, 6.45) is -10.7. The summed E-state index contributed by atoms with van der Waals surface area (Å²) in [5.41, 5.74) is 5.27. The van der Waals surface area contributed by atoms with E-state index >= 15 is 0 Å². The average Bonchev–Trinajstić information content (AvgIpc) is 2.92. The summed E-state index contributed by atoms with van der Waals surface area (Å²) in [4.78, 5) is 58.2. The van der Waals surface area contributed by atoms with Gasteiger partial charge in [0.25, 0.3) is 0 Å². The number of aliphatic carboxylic acids is 3. The molecule has 1 aliphatic heterocycles. The van der Waals surface area contributed by atoms with Crippen molar-refractivity contribution < 1.29 is 74.3 Å². The minimum absolute atomic E-state index is 0.114. The SMILES string of the molecule is C=C(O)c1cc(O)c(SCC(NC(=O)CCC(N)C(=O)O)C(=O)NCC(=O)O)c(OC2OC(C(=O)O)[C@@H](O)[C@H](O)[C@H]2O)c1. The Kier molecular flexibility index (Phi) is 12.5. The molecule has 0 radical (unpaired) electrons. The number of carbonyl (C=O) groups is 5. The number of phenolic OH excluding ortho intramolecular Hbond substituents is 1. The van der Waals surface area contributed by atoms with Gasteiger partial charge >= 0.3 is 17.9 Å². The van der Waals surface area contributed by atoms with Gasteiger partial charge in [0.05, 0.1) is 4.90 Å². The molecule has 12 N–H and O–H groups in total. The van der Waals surface area contributed by atoms with Crippen molar-refractivity contribution in [2.75, 3.05) is 12.3 Å². The summed E-state index contributed by atoms with van der Waals surface area (Å²) >= 11 is 0.641. The lowest BCUT2D eigenvalue weighted by atomic mass is 9.99. The first-order chi connectivity index (χ1) is 20.0. The number of phenols is 1. The van der Waals surface area contributed by atoms with Gasteiger partial charge in [-0.15, -0.1) is 11.8 Å². The van der Waals surface area contributed by atoms with Gasteiger partial charge in [-0.1, -0.05) is 6.58 Å². The van der Waals surface area contributed by atoms with E-state index in [9.17, 15) is 54.6 Å². The van der Waals surface area contributed by atoms with Crippen molar-refractivity contribution in [1.29, 1.82) is 0 Å².